The topological polar surface area (TPSA) is 69.6 Å². The summed E-state index contributed by atoms with van der Waals surface area (Å²) in [6.45, 7) is -0.575. The molecule has 1 aliphatic heterocycles. The highest BCUT2D eigenvalue weighted by Gasteiger charge is 2.54. The standard InChI is InChI=1S/C16H12Cl2N2O3/c17-12-7-6-11(8-13(12)18)20-15(23)19-14(22)16(20,9-21)10-4-2-1-3-5-10/h1-8,21H,9H2,(H,19,22,23)/t16-/m1/s1. The number of amides is 3. The molecular weight excluding hydrogens is 339 g/mol. The van der Waals surface area contributed by atoms with Crippen LogP contribution in [-0.2, 0) is 10.3 Å². The number of hydrogen-bond acceptors (Lipinski definition) is 3. The first kappa shape index (κ1) is 15.8. The van der Waals surface area contributed by atoms with Crippen molar-refractivity contribution in [2.24, 2.45) is 0 Å². The number of carbonyl (C=O) groups is 2. The molecule has 1 aliphatic rings. The van der Waals surface area contributed by atoms with E-state index in [9.17, 15) is 14.7 Å². The zero-order chi connectivity index (χ0) is 16.6. The largest absolute Gasteiger partial charge is 0.393 e. The minimum atomic E-state index is -1.55. The van der Waals surface area contributed by atoms with E-state index in [0.717, 1.165) is 0 Å². The van der Waals surface area contributed by atoms with Crippen LogP contribution in [0, 0.1) is 0 Å². The average Bonchev–Trinajstić information content (AvgIpc) is 2.81. The van der Waals surface area contributed by atoms with E-state index >= 15 is 0 Å². The monoisotopic (exact) mass is 350 g/mol. The SMILES string of the molecule is O=C1NC(=O)[C@@](CO)(c2ccccc2)N1c1ccc(Cl)c(Cl)c1. The fourth-order valence-corrected chi connectivity index (χ4v) is 2.99. The number of nitrogens with one attached hydrogen (secondary N) is 1. The van der Waals surface area contributed by atoms with Gasteiger partial charge in [-0.15, -0.1) is 0 Å². The van der Waals surface area contributed by atoms with Gasteiger partial charge in [0.05, 0.1) is 16.7 Å². The summed E-state index contributed by atoms with van der Waals surface area (Å²) in [7, 11) is 0. The highest BCUT2D eigenvalue weighted by Crippen LogP contribution is 2.39. The van der Waals surface area contributed by atoms with E-state index in [-0.39, 0.29) is 5.02 Å². The van der Waals surface area contributed by atoms with E-state index in [1.165, 1.54) is 17.0 Å². The lowest BCUT2D eigenvalue weighted by Crippen LogP contribution is -2.50. The van der Waals surface area contributed by atoms with Crippen LogP contribution in [0.25, 0.3) is 0 Å². The third-order valence-corrected chi connectivity index (χ3v) is 4.56. The molecule has 0 aliphatic carbocycles. The van der Waals surface area contributed by atoms with Crippen LogP contribution < -0.4 is 10.2 Å². The highest BCUT2D eigenvalue weighted by atomic mass is 35.5. The third-order valence-electron chi connectivity index (χ3n) is 3.82. The quantitative estimate of drug-likeness (QED) is 0.836. The molecular formula is C16H12Cl2N2O3. The summed E-state index contributed by atoms with van der Waals surface area (Å²) in [5.74, 6) is -0.595. The maximum absolute atomic E-state index is 12.5. The summed E-state index contributed by atoms with van der Waals surface area (Å²) in [6.07, 6.45) is 0. The molecule has 0 aromatic heterocycles. The summed E-state index contributed by atoms with van der Waals surface area (Å²) < 4.78 is 0. The second kappa shape index (κ2) is 5.85. The molecule has 0 spiro atoms. The number of halogens is 2. The van der Waals surface area contributed by atoms with Crippen LogP contribution in [0.4, 0.5) is 10.5 Å². The second-order valence-corrected chi connectivity index (χ2v) is 5.89. The number of carbonyl (C=O) groups excluding carboxylic acids is 2. The predicted molar refractivity (Wildman–Crippen MR) is 87.7 cm³/mol. The van der Waals surface area contributed by atoms with Gasteiger partial charge in [0, 0.05) is 5.69 Å². The predicted octanol–water partition coefficient (Wildman–Crippen LogP) is 2.94. The second-order valence-electron chi connectivity index (χ2n) is 5.08. The van der Waals surface area contributed by atoms with Gasteiger partial charge in [0.2, 0.25) is 0 Å². The Morgan fingerprint density at radius 2 is 1.74 bits per heavy atom. The zero-order valence-corrected chi connectivity index (χ0v) is 13.3. The summed E-state index contributed by atoms with van der Waals surface area (Å²) in [4.78, 5) is 26.0. The van der Waals surface area contributed by atoms with Crippen molar-refractivity contribution in [3.63, 3.8) is 0 Å². The molecule has 1 saturated heterocycles. The van der Waals surface area contributed by atoms with Crippen molar-refractivity contribution in [3.05, 3.63) is 64.1 Å². The van der Waals surface area contributed by atoms with Crippen molar-refractivity contribution in [1.29, 1.82) is 0 Å². The molecule has 1 heterocycles. The fourth-order valence-electron chi connectivity index (χ4n) is 2.70. The van der Waals surface area contributed by atoms with Gasteiger partial charge in [-0.3, -0.25) is 15.0 Å². The first-order valence-corrected chi connectivity index (χ1v) is 7.53. The molecule has 23 heavy (non-hydrogen) atoms. The maximum Gasteiger partial charge on any atom is 0.329 e. The van der Waals surface area contributed by atoms with Crippen molar-refractivity contribution < 1.29 is 14.7 Å². The van der Waals surface area contributed by atoms with Crippen LogP contribution in [0.5, 0.6) is 0 Å². The van der Waals surface area contributed by atoms with E-state index in [1.807, 2.05) is 0 Å². The molecule has 1 atom stereocenters. The van der Waals surface area contributed by atoms with Crippen LogP contribution >= 0.6 is 23.2 Å². The Kier molecular flexibility index (Phi) is 4.02. The first-order chi connectivity index (χ1) is 11.0. The molecule has 0 bridgehead atoms. The molecule has 7 heteroatoms. The number of urea groups is 1. The molecule has 0 unspecified atom stereocenters. The number of hydrogen-bond donors (Lipinski definition) is 2. The van der Waals surface area contributed by atoms with E-state index in [2.05, 4.69) is 5.32 Å². The molecule has 1 fully saturated rings. The normalized spacial score (nSPS) is 20.7. The number of aliphatic hydroxyl groups is 1. The Labute approximate surface area is 142 Å². The summed E-state index contributed by atoms with van der Waals surface area (Å²) in [5, 5.41) is 12.8. The number of aliphatic hydroxyl groups excluding tert-OH is 1. The van der Waals surface area contributed by atoms with Crippen molar-refractivity contribution in [2.75, 3.05) is 11.5 Å². The van der Waals surface area contributed by atoms with E-state index < -0.39 is 24.1 Å². The Morgan fingerprint density at radius 1 is 1.04 bits per heavy atom. The van der Waals surface area contributed by atoms with Gasteiger partial charge in [0.25, 0.3) is 5.91 Å². The van der Waals surface area contributed by atoms with Gasteiger partial charge in [0.15, 0.2) is 5.54 Å². The Bertz CT molecular complexity index is 782. The Morgan fingerprint density at radius 3 is 2.35 bits per heavy atom. The fraction of sp³-hybridized carbons (Fsp3) is 0.125. The minimum Gasteiger partial charge on any atom is -0.393 e. The van der Waals surface area contributed by atoms with Gasteiger partial charge >= 0.3 is 6.03 Å². The molecule has 3 amide bonds. The van der Waals surface area contributed by atoms with Gasteiger partial charge in [-0.1, -0.05) is 53.5 Å². The Balaban J connectivity index is 2.21. The summed E-state index contributed by atoms with van der Waals surface area (Å²) >= 11 is 11.9. The number of rotatable bonds is 3. The summed E-state index contributed by atoms with van der Waals surface area (Å²) in [5.41, 5.74) is -0.687. The molecule has 0 saturated carbocycles. The van der Waals surface area contributed by atoms with Gasteiger partial charge in [-0.05, 0) is 23.8 Å². The lowest BCUT2D eigenvalue weighted by molar-refractivity contribution is -0.124. The zero-order valence-electron chi connectivity index (χ0n) is 11.8. The van der Waals surface area contributed by atoms with Crippen LogP contribution in [0.15, 0.2) is 48.5 Å². The number of benzene rings is 2. The van der Waals surface area contributed by atoms with Crippen molar-refractivity contribution >= 4 is 40.8 Å². The molecule has 118 valence electrons. The smallest absolute Gasteiger partial charge is 0.329 e. The highest BCUT2D eigenvalue weighted by molar-refractivity contribution is 6.42. The molecule has 2 aromatic carbocycles. The van der Waals surface area contributed by atoms with Gasteiger partial charge in [0.1, 0.15) is 0 Å². The van der Waals surface area contributed by atoms with Crippen LogP contribution in [0.1, 0.15) is 5.56 Å². The average molecular weight is 351 g/mol. The minimum absolute atomic E-state index is 0.246. The third kappa shape index (κ3) is 2.37. The maximum atomic E-state index is 12.5. The molecule has 0 radical (unpaired) electrons. The first-order valence-electron chi connectivity index (χ1n) is 6.78. The Hall–Kier alpha value is -2.08. The van der Waals surface area contributed by atoms with Crippen molar-refractivity contribution in [2.45, 2.75) is 5.54 Å². The van der Waals surface area contributed by atoms with Gasteiger partial charge in [-0.25, -0.2) is 4.79 Å². The van der Waals surface area contributed by atoms with E-state index in [4.69, 9.17) is 23.2 Å². The van der Waals surface area contributed by atoms with Gasteiger partial charge in [-0.2, -0.15) is 0 Å². The lowest BCUT2D eigenvalue weighted by atomic mass is 9.89. The summed E-state index contributed by atoms with van der Waals surface area (Å²) in [6, 6.07) is 12.6. The molecule has 3 rings (SSSR count). The number of imide groups is 1. The van der Waals surface area contributed by atoms with E-state index in [0.29, 0.717) is 16.3 Å². The van der Waals surface area contributed by atoms with E-state index in [1.54, 1.807) is 36.4 Å². The number of nitrogens with zero attached hydrogens (tertiary/aromatic N) is 1. The van der Waals surface area contributed by atoms with Crippen molar-refractivity contribution in [1.82, 2.24) is 5.32 Å². The van der Waals surface area contributed by atoms with Crippen LogP contribution in [-0.4, -0.2) is 23.7 Å². The lowest BCUT2D eigenvalue weighted by Gasteiger charge is -2.34. The molecule has 2 aromatic rings. The van der Waals surface area contributed by atoms with Crippen LogP contribution in [0.3, 0.4) is 0 Å². The molecule has 2 N–H and O–H groups in total. The molecule has 5 nitrogen and oxygen atoms in total. The van der Waals surface area contributed by atoms with Crippen molar-refractivity contribution in [3.8, 4) is 0 Å². The van der Waals surface area contributed by atoms with Gasteiger partial charge < -0.3 is 5.11 Å². The number of anilines is 1. The van der Waals surface area contributed by atoms with Crippen LogP contribution in [0.2, 0.25) is 10.0 Å².